The van der Waals surface area contributed by atoms with Crippen LogP contribution in [0, 0.1) is 0 Å². The number of carbonyl (C=O) groups is 2. The molecule has 7 heteroatoms. The SMILES string of the molecule is O=C1CC[C@H](C(=O)Nc2cc(-c3cc4ccccc4s3)c3[nH]ncc3c2)N1. The highest BCUT2D eigenvalue weighted by molar-refractivity contribution is 7.22. The first kappa shape index (κ1) is 16.0. The Morgan fingerprint density at radius 1 is 1.19 bits per heavy atom. The van der Waals surface area contributed by atoms with Gasteiger partial charge in [0.25, 0.3) is 0 Å². The molecule has 3 N–H and O–H groups in total. The summed E-state index contributed by atoms with van der Waals surface area (Å²) in [5, 5.41) is 15.0. The number of aromatic nitrogens is 2. The average molecular weight is 376 g/mol. The van der Waals surface area contributed by atoms with Gasteiger partial charge >= 0.3 is 0 Å². The fourth-order valence-electron chi connectivity index (χ4n) is 3.48. The highest BCUT2D eigenvalue weighted by atomic mass is 32.1. The molecule has 2 amide bonds. The highest BCUT2D eigenvalue weighted by Crippen LogP contribution is 2.38. The second kappa shape index (κ2) is 6.21. The molecule has 134 valence electrons. The van der Waals surface area contributed by atoms with E-state index in [2.05, 4.69) is 39.0 Å². The normalized spacial score (nSPS) is 16.7. The Bertz CT molecular complexity index is 1160. The minimum atomic E-state index is -0.467. The van der Waals surface area contributed by atoms with Crippen LogP contribution in [0.1, 0.15) is 12.8 Å². The van der Waals surface area contributed by atoms with Crippen LogP contribution in [0.2, 0.25) is 0 Å². The van der Waals surface area contributed by atoms with E-state index in [9.17, 15) is 9.59 Å². The zero-order valence-corrected chi connectivity index (χ0v) is 15.1. The lowest BCUT2D eigenvalue weighted by atomic mass is 10.1. The molecular weight excluding hydrogens is 360 g/mol. The van der Waals surface area contributed by atoms with Gasteiger partial charge < -0.3 is 10.6 Å². The Hall–Kier alpha value is -3.19. The van der Waals surface area contributed by atoms with Gasteiger partial charge in [-0.3, -0.25) is 14.7 Å². The summed E-state index contributed by atoms with van der Waals surface area (Å²) in [5.41, 5.74) is 2.63. The summed E-state index contributed by atoms with van der Waals surface area (Å²) < 4.78 is 1.21. The molecule has 0 bridgehead atoms. The van der Waals surface area contributed by atoms with Crippen molar-refractivity contribution in [2.45, 2.75) is 18.9 Å². The number of hydrogen-bond donors (Lipinski definition) is 3. The van der Waals surface area contributed by atoms with Crippen LogP contribution in [-0.2, 0) is 9.59 Å². The van der Waals surface area contributed by atoms with E-state index in [1.807, 2.05) is 24.3 Å². The van der Waals surface area contributed by atoms with Crippen LogP contribution in [0.4, 0.5) is 5.69 Å². The van der Waals surface area contributed by atoms with Gasteiger partial charge in [0.15, 0.2) is 0 Å². The average Bonchev–Trinajstić information content (AvgIpc) is 3.39. The Morgan fingerprint density at radius 3 is 2.89 bits per heavy atom. The second-order valence-electron chi connectivity index (χ2n) is 6.65. The number of nitrogens with one attached hydrogen (secondary N) is 3. The van der Waals surface area contributed by atoms with Crippen LogP contribution in [-0.4, -0.2) is 28.1 Å². The third kappa shape index (κ3) is 2.86. The van der Waals surface area contributed by atoms with Crippen molar-refractivity contribution in [3.63, 3.8) is 0 Å². The molecule has 1 fully saturated rings. The number of benzene rings is 2. The van der Waals surface area contributed by atoms with Gasteiger partial charge in [0, 0.05) is 32.6 Å². The van der Waals surface area contributed by atoms with Crippen LogP contribution in [0.15, 0.2) is 48.7 Å². The van der Waals surface area contributed by atoms with Crippen molar-refractivity contribution in [3.05, 3.63) is 48.7 Å². The predicted octanol–water partition coefficient (Wildman–Crippen LogP) is 3.66. The number of fused-ring (bicyclic) bond motifs is 2. The van der Waals surface area contributed by atoms with E-state index < -0.39 is 6.04 Å². The Morgan fingerprint density at radius 2 is 2.07 bits per heavy atom. The number of H-pyrrole nitrogens is 1. The van der Waals surface area contributed by atoms with Crippen molar-refractivity contribution < 1.29 is 9.59 Å². The predicted molar refractivity (Wildman–Crippen MR) is 107 cm³/mol. The molecular formula is C20H16N4O2S. The maximum Gasteiger partial charge on any atom is 0.246 e. The van der Waals surface area contributed by atoms with Crippen LogP contribution in [0.3, 0.4) is 0 Å². The fourth-order valence-corrected chi connectivity index (χ4v) is 4.56. The molecule has 5 rings (SSSR count). The van der Waals surface area contributed by atoms with E-state index in [1.54, 1.807) is 17.5 Å². The molecule has 0 spiro atoms. The first-order valence-corrected chi connectivity index (χ1v) is 9.55. The number of carbonyl (C=O) groups excluding carboxylic acids is 2. The first-order chi connectivity index (χ1) is 13.2. The largest absolute Gasteiger partial charge is 0.344 e. The lowest BCUT2D eigenvalue weighted by Gasteiger charge is -2.12. The maximum atomic E-state index is 12.5. The van der Waals surface area contributed by atoms with Gasteiger partial charge in [-0.15, -0.1) is 11.3 Å². The lowest BCUT2D eigenvalue weighted by molar-refractivity contribution is -0.122. The maximum absolute atomic E-state index is 12.5. The summed E-state index contributed by atoms with van der Waals surface area (Å²) in [4.78, 5) is 25.0. The van der Waals surface area contributed by atoms with E-state index in [0.29, 0.717) is 18.5 Å². The van der Waals surface area contributed by atoms with Crippen LogP contribution >= 0.6 is 11.3 Å². The molecule has 27 heavy (non-hydrogen) atoms. The summed E-state index contributed by atoms with van der Waals surface area (Å²) >= 11 is 1.70. The first-order valence-electron chi connectivity index (χ1n) is 8.74. The van der Waals surface area contributed by atoms with Gasteiger partial charge in [0.2, 0.25) is 11.8 Å². The number of anilines is 1. The van der Waals surface area contributed by atoms with Crippen molar-refractivity contribution in [2.75, 3.05) is 5.32 Å². The molecule has 3 heterocycles. The molecule has 1 saturated heterocycles. The minimum Gasteiger partial charge on any atom is -0.344 e. The van der Waals surface area contributed by atoms with Gasteiger partial charge in [-0.1, -0.05) is 18.2 Å². The lowest BCUT2D eigenvalue weighted by Crippen LogP contribution is -2.37. The quantitative estimate of drug-likeness (QED) is 0.510. The Labute approximate surface area is 158 Å². The van der Waals surface area contributed by atoms with Crippen LogP contribution in [0.5, 0.6) is 0 Å². The molecule has 2 aromatic carbocycles. The molecule has 0 radical (unpaired) electrons. The second-order valence-corrected chi connectivity index (χ2v) is 7.74. The molecule has 1 aliphatic rings. The van der Waals surface area contributed by atoms with Crippen LogP contribution < -0.4 is 10.6 Å². The van der Waals surface area contributed by atoms with Gasteiger partial charge in [-0.05, 0) is 36.1 Å². The van der Waals surface area contributed by atoms with Gasteiger partial charge in [-0.2, -0.15) is 5.10 Å². The van der Waals surface area contributed by atoms with E-state index in [-0.39, 0.29) is 11.8 Å². The number of hydrogen-bond acceptors (Lipinski definition) is 4. The zero-order chi connectivity index (χ0) is 18.4. The number of aromatic amines is 1. The number of thiophene rings is 1. The molecule has 2 aromatic heterocycles. The fraction of sp³-hybridized carbons (Fsp3) is 0.150. The summed E-state index contributed by atoms with van der Waals surface area (Å²) in [7, 11) is 0. The molecule has 0 saturated carbocycles. The zero-order valence-electron chi connectivity index (χ0n) is 14.3. The van der Waals surface area contributed by atoms with Gasteiger partial charge in [0.1, 0.15) is 6.04 Å². The van der Waals surface area contributed by atoms with E-state index in [1.165, 1.54) is 10.1 Å². The van der Waals surface area contributed by atoms with E-state index in [0.717, 1.165) is 21.3 Å². The number of rotatable bonds is 3. The summed E-state index contributed by atoms with van der Waals surface area (Å²) in [6, 6.07) is 13.8. The Kier molecular flexibility index (Phi) is 3.68. The molecule has 1 atom stereocenters. The van der Waals surface area contributed by atoms with Crippen molar-refractivity contribution in [1.29, 1.82) is 0 Å². The van der Waals surface area contributed by atoms with Gasteiger partial charge in [-0.25, -0.2) is 0 Å². The van der Waals surface area contributed by atoms with Gasteiger partial charge in [0.05, 0.1) is 11.7 Å². The molecule has 6 nitrogen and oxygen atoms in total. The van der Waals surface area contributed by atoms with E-state index in [4.69, 9.17) is 0 Å². The number of nitrogens with zero attached hydrogens (tertiary/aromatic N) is 1. The summed E-state index contributed by atoms with van der Waals surface area (Å²) in [5.74, 6) is -0.266. The number of amides is 2. The third-order valence-corrected chi connectivity index (χ3v) is 5.97. The van der Waals surface area contributed by atoms with Crippen molar-refractivity contribution in [2.24, 2.45) is 0 Å². The van der Waals surface area contributed by atoms with Crippen LogP contribution in [0.25, 0.3) is 31.4 Å². The Balaban J connectivity index is 1.55. The molecule has 0 unspecified atom stereocenters. The van der Waals surface area contributed by atoms with E-state index >= 15 is 0 Å². The molecule has 0 aliphatic carbocycles. The van der Waals surface area contributed by atoms with Crippen molar-refractivity contribution in [3.8, 4) is 10.4 Å². The minimum absolute atomic E-state index is 0.0774. The highest BCUT2D eigenvalue weighted by Gasteiger charge is 2.27. The summed E-state index contributed by atoms with van der Waals surface area (Å²) in [6.45, 7) is 0. The molecule has 4 aromatic rings. The molecule has 1 aliphatic heterocycles. The van der Waals surface area contributed by atoms with Crippen molar-refractivity contribution in [1.82, 2.24) is 15.5 Å². The third-order valence-electron chi connectivity index (χ3n) is 4.82. The standard InChI is InChI=1S/C20H16N4O2S/c25-18-6-5-15(23-18)20(26)22-13-7-12-10-21-24-19(12)14(9-13)17-8-11-3-1-2-4-16(11)27-17/h1-4,7-10,15H,5-6H2,(H,21,24)(H,22,26)(H,23,25)/t15-/m1/s1. The smallest absolute Gasteiger partial charge is 0.246 e. The topological polar surface area (TPSA) is 86.9 Å². The summed E-state index contributed by atoms with van der Waals surface area (Å²) in [6.07, 6.45) is 2.67. The monoisotopic (exact) mass is 376 g/mol. The van der Waals surface area contributed by atoms with Crippen molar-refractivity contribution >= 4 is 49.8 Å².